The molecule has 1 rings (SSSR count). The standard InChI is InChI=1S/C15H20O2S/c1-11(2)12(3)14(17-10-9-16)15(18)13-7-5-4-6-8-13/h4-8,16,18H,9-10H2,1-3H3/b15-14+. The molecule has 1 aromatic carbocycles. The Morgan fingerprint density at radius 1 is 1.17 bits per heavy atom. The van der Waals surface area contributed by atoms with E-state index in [0.29, 0.717) is 0 Å². The number of ether oxygens (including phenoxy) is 1. The molecule has 0 amide bonds. The molecule has 0 atom stereocenters. The number of aliphatic hydroxyl groups excluding tert-OH is 1. The summed E-state index contributed by atoms with van der Waals surface area (Å²) < 4.78 is 5.63. The number of benzene rings is 1. The maximum Gasteiger partial charge on any atom is 0.136 e. The van der Waals surface area contributed by atoms with Gasteiger partial charge in [-0.25, -0.2) is 0 Å². The molecule has 0 heterocycles. The van der Waals surface area contributed by atoms with Crippen LogP contribution < -0.4 is 0 Å². The third kappa shape index (κ3) is 3.93. The highest BCUT2D eigenvalue weighted by molar-refractivity contribution is 7.90. The molecule has 98 valence electrons. The van der Waals surface area contributed by atoms with Gasteiger partial charge >= 0.3 is 0 Å². The quantitative estimate of drug-likeness (QED) is 0.483. The Hall–Kier alpha value is -1.19. The van der Waals surface area contributed by atoms with Crippen molar-refractivity contribution in [2.75, 3.05) is 13.2 Å². The Balaban J connectivity index is 3.20. The van der Waals surface area contributed by atoms with E-state index in [-0.39, 0.29) is 13.2 Å². The van der Waals surface area contributed by atoms with Crippen molar-refractivity contribution >= 4 is 17.5 Å². The van der Waals surface area contributed by atoms with E-state index in [0.717, 1.165) is 21.8 Å². The third-order valence-corrected chi connectivity index (χ3v) is 3.15. The van der Waals surface area contributed by atoms with E-state index >= 15 is 0 Å². The van der Waals surface area contributed by atoms with Crippen molar-refractivity contribution in [3.63, 3.8) is 0 Å². The molecule has 3 heteroatoms. The van der Waals surface area contributed by atoms with E-state index in [2.05, 4.69) is 12.6 Å². The molecule has 0 aliphatic heterocycles. The summed E-state index contributed by atoms with van der Waals surface area (Å²) in [6.45, 7) is 6.33. The van der Waals surface area contributed by atoms with Gasteiger partial charge in [0.25, 0.3) is 0 Å². The first-order valence-corrected chi connectivity index (χ1v) is 6.39. The van der Waals surface area contributed by atoms with Gasteiger partial charge in [0, 0.05) is 0 Å². The second-order valence-corrected chi connectivity index (χ2v) is 4.69. The zero-order chi connectivity index (χ0) is 13.5. The Morgan fingerprint density at radius 2 is 1.78 bits per heavy atom. The van der Waals surface area contributed by atoms with E-state index in [1.54, 1.807) is 0 Å². The molecule has 18 heavy (non-hydrogen) atoms. The molecule has 0 saturated heterocycles. The minimum absolute atomic E-state index is 0.00457. The minimum Gasteiger partial charge on any atom is -0.490 e. The highest BCUT2D eigenvalue weighted by Gasteiger charge is 2.10. The van der Waals surface area contributed by atoms with Crippen LogP contribution in [0.2, 0.25) is 0 Å². The summed E-state index contributed by atoms with van der Waals surface area (Å²) in [5.74, 6) is 0.735. The van der Waals surface area contributed by atoms with Crippen LogP contribution in [0.1, 0.15) is 26.3 Å². The van der Waals surface area contributed by atoms with Gasteiger partial charge < -0.3 is 9.84 Å². The van der Waals surface area contributed by atoms with Gasteiger partial charge in [-0.05, 0) is 31.9 Å². The van der Waals surface area contributed by atoms with Gasteiger partial charge in [0.05, 0.1) is 11.5 Å². The van der Waals surface area contributed by atoms with Crippen molar-refractivity contribution in [2.45, 2.75) is 20.8 Å². The van der Waals surface area contributed by atoms with Gasteiger partial charge in [0.1, 0.15) is 12.4 Å². The fraction of sp³-hybridized carbons (Fsp3) is 0.333. The van der Waals surface area contributed by atoms with Crippen LogP contribution in [0.15, 0.2) is 47.2 Å². The lowest BCUT2D eigenvalue weighted by atomic mass is 10.1. The van der Waals surface area contributed by atoms with Crippen molar-refractivity contribution in [1.82, 2.24) is 0 Å². The SMILES string of the molecule is CC(C)=C(C)/C(OCCO)=C(\S)c1ccccc1. The Bertz CT molecular complexity index is 443. The highest BCUT2D eigenvalue weighted by Crippen LogP contribution is 2.29. The smallest absolute Gasteiger partial charge is 0.136 e. The average molecular weight is 264 g/mol. The van der Waals surface area contributed by atoms with Crippen LogP contribution in [0.5, 0.6) is 0 Å². The minimum atomic E-state index is -0.00457. The van der Waals surface area contributed by atoms with Crippen molar-refractivity contribution in [3.8, 4) is 0 Å². The lowest BCUT2D eigenvalue weighted by Gasteiger charge is -2.15. The predicted molar refractivity (Wildman–Crippen MR) is 79.4 cm³/mol. The molecule has 0 bridgehead atoms. The first-order chi connectivity index (χ1) is 8.57. The summed E-state index contributed by atoms with van der Waals surface area (Å²) in [7, 11) is 0. The second kappa shape index (κ2) is 7.29. The zero-order valence-electron chi connectivity index (χ0n) is 11.1. The van der Waals surface area contributed by atoms with Crippen molar-refractivity contribution in [3.05, 3.63) is 52.8 Å². The maximum absolute atomic E-state index is 8.90. The summed E-state index contributed by atoms with van der Waals surface area (Å²) in [6, 6.07) is 9.87. The van der Waals surface area contributed by atoms with Gasteiger partial charge in [0.2, 0.25) is 0 Å². The Kier molecular flexibility index (Phi) is 6.02. The Morgan fingerprint density at radius 3 is 2.28 bits per heavy atom. The van der Waals surface area contributed by atoms with Crippen molar-refractivity contribution in [2.24, 2.45) is 0 Å². The molecule has 2 nitrogen and oxygen atoms in total. The molecular weight excluding hydrogens is 244 g/mol. The molecule has 1 aromatic rings. The molecule has 0 unspecified atom stereocenters. The molecule has 1 N–H and O–H groups in total. The van der Waals surface area contributed by atoms with E-state index in [4.69, 9.17) is 9.84 Å². The van der Waals surface area contributed by atoms with Gasteiger partial charge in [-0.2, -0.15) is 0 Å². The average Bonchev–Trinajstić information content (AvgIpc) is 2.39. The summed E-state index contributed by atoms with van der Waals surface area (Å²) in [6.07, 6.45) is 0. The van der Waals surface area contributed by atoms with Crippen LogP contribution in [0.4, 0.5) is 0 Å². The molecule has 0 radical (unpaired) electrons. The number of aliphatic hydroxyl groups is 1. The van der Waals surface area contributed by atoms with E-state index < -0.39 is 0 Å². The van der Waals surface area contributed by atoms with Gasteiger partial charge in [-0.15, -0.1) is 12.6 Å². The number of hydrogen-bond donors (Lipinski definition) is 2. The van der Waals surface area contributed by atoms with Crippen molar-refractivity contribution < 1.29 is 9.84 Å². The van der Waals surface area contributed by atoms with Crippen molar-refractivity contribution in [1.29, 1.82) is 0 Å². The monoisotopic (exact) mass is 264 g/mol. The number of hydrogen-bond acceptors (Lipinski definition) is 3. The lowest BCUT2D eigenvalue weighted by molar-refractivity contribution is 0.151. The fourth-order valence-corrected chi connectivity index (χ4v) is 1.84. The molecule has 0 saturated carbocycles. The molecule has 0 aliphatic rings. The molecular formula is C15H20O2S. The third-order valence-electron chi connectivity index (χ3n) is 2.69. The van der Waals surface area contributed by atoms with Crippen LogP contribution in [-0.4, -0.2) is 18.3 Å². The maximum atomic E-state index is 8.90. The van der Waals surface area contributed by atoms with E-state index in [1.807, 2.05) is 51.1 Å². The summed E-state index contributed by atoms with van der Waals surface area (Å²) in [5, 5.41) is 8.90. The largest absolute Gasteiger partial charge is 0.490 e. The molecule has 0 aliphatic carbocycles. The normalized spacial score (nSPS) is 11.8. The summed E-state index contributed by atoms with van der Waals surface area (Å²) in [5.41, 5.74) is 3.23. The first-order valence-electron chi connectivity index (χ1n) is 5.94. The van der Waals surface area contributed by atoms with Gasteiger partial charge in [0.15, 0.2) is 0 Å². The summed E-state index contributed by atoms with van der Waals surface area (Å²) in [4.78, 5) is 0.794. The lowest BCUT2D eigenvalue weighted by Crippen LogP contribution is -2.03. The summed E-state index contributed by atoms with van der Waals surface area (Å²) >= 11 is 4.56. The van der Waals surface area contributed by atoms with E-state index in [9.17, 15) is 0 Å². The highest BCUT2D eigenvalue weighted by atomic mass is 32.1. The molecule has 0 fully saturated rings. The van der Waals surface area contributed by atoms with Crippen LogP contribution in [0.3, 0.4) is 0 Å². The number of allylic oxidation sites excluding steroid dienone is 2. The van der Waals surface area contributed by atoms with Gasteiger partial charge in [-0.1, -0.05) is 35.9 Å². The number of thiol groups is 1. The van der Waals surface area contributed by atoms with E-state index in [1.165, 1.54) is 5.57 Å². The fourth-order valence-electron chi connectivity index (χ4n) is 1.46. The Labute approximate surface area is 114 Å². The van der Waals surface area contributed by atoms with Crippen LogP contribution in [-0.2, 0) is 4.74 Å². The second-order valence-electron chi connectivity index (χ2n) is 4.24. The first kappa shape index (κ1) is 14.9. The van der Waals surface area contributed by atoms with Crippen LogP contribution >= 0.6 is 12.6 Å². The predicted octanol–water partition coefficient (Wildman–Crippen LogP) is 3.65. The van der Waals surface area contributed by atoms with Crippen LogP contribution in [0.25, 0.3) is 4.91 Å². The van der Waals surface area contributed by atoms with Gasteiger partial charge in [-0.3, -0.25) is 0 Å². The molecule has 0 spiro atoms. The number of rotatable bonds is 5. The topological polar surface area (TPSA) is 29.5 Å². The zero-order valence-corrected chi connectivity index (χ0v) is 12.0. The molecule has 0 aromatic heterocycles. The van der Waals surface area contributed by atoms with Crippen LogP contribution in [0, 0.1) is 0 Å².